The first-order chi connectivity index (χ1) is 10.1. The van der Waals surface area contributed by atoms with Gasteiger partial charge in [-0.2, -0.15) is 5.10 Å². The lowest BCUT2D eigenvalue weighted by atomic mass is 10.1. The summed E-state index contributed by atoms with van der Waals surface area (Å²) in [5, 5.41) is 4.53. The van der Waals surface area contributed by atoms with Crippen LogP contribution in [0.25, 0.3) is 0 Å². The second-order valence-electron chi connectivity index (χ2n) is 4.58. The molecule has 2 N–H and O–H groups in total. The van der Waals surface area contributed by atoms with E-state index in [4.69, 9.17) is 16.3 Å². The van der Waals surface area contributed by atoms with Crippen LogP contribution in [-0.4, -0.2) is 23.7 Å². The summed E-state index contributed by atoms with van der Waals surface area (Å²) in [6.45, 7) is 3.68. The summed E-state index contributed by atoms with van der Waals surface area (Å²) in [7, 11) is 0. The Hall–Kier alpha value is -2.27. The minimum absolute atomic E-state index is 0.109. The van der Waals surface area contributed by atoms with Gasteiger partial charge in [0.15, 0.2) is 6.61 Å². The van der Waals surface area contributed by atoms with Gasteiger partial charge in [0, 0.05) is 11.2 Å². The van der Waals surface area contributed by atoms with Gasteiger partial charge in [-0.05, 0) is 49.2 Å². The molecule has 0 aliphatic heterocycles. The summed E-state index contributed by atoms with van der Waals surface area (Å²) >= 11 is 6.07. The molecule has 0 unspecified atom stereocenters. The Morgan fingerprint density at radius 1 is 1.43 bits per heavy atom. The molecule has 0 saturated heterocycles. The number of hydrazone groups is 1. The highest BCUT2D eigenvalue weighted by Crippen LogP contribution is 2.25. The molecular formula is C15H16ClN3O2. The molecule has 2 rings (SSSR count). The molecule has 0 fully saturated rings. The van der Waals surface area contributed by atoms with Crippen LogP contribution in [-0.2, 0) is 4.79 Å². The molecule has 21 heavy (non-hydrogen) atoms. The first-order valence-electron chi connectivity index (χ1n) is 6.41. The average Bonchev–Trinajstić information content (AvgIpc) is 2.95. The van der Waals surface area contributed by atoms with Crippen molar-refractivity contribution in [3.05, 3.63) is 52.3 Å². The highest BCUT2D eigenvalue weighted by molar-refractivity contribution is 6.32. The summed E-state index contributed by atoms with van der Waals surface area (Å²) in [5.41, 5.74) is 5.02. The van der Waals surface area contributed by atoms with E-state index in [0.29, 0.717) is 10.8 Å². The Morgan fingerprint density at radius 2 is 2.14 bits per heavy atom. The van der Waals surface area contributed by atoms with E-state index >= 15 is 0 Å². The predicted molar refractivity (Wildman–Crippen MR) is 83.0 cm³/mol. The normalized spacial score (nSPS) is 10.8. The second kappa shape index (κ2) is 6.95. The lowest BCUT2D eigenvalue weighted by Crippen LogP contribution is -2.24. The Morgan fingerprint density at radius 3 is 2.76 bits per heavy atom. The number of nitrogens with zero attached hydrogens (tertiary/aromatic N) is 1. The SMILES string of the molecule is Cc1cc(OCC(=O)N/N=C/c2ccc[nH]2)cc(C)c1Cl. The van der Waals surface area contributed by atoms with Gasteiger partial charge >= 0.3 is 0 Å². The summed E-state index contributed by atoms with van der Waals surface area (Å²) < 4.78 is 5.42. The Kier molecular flexibility index (Phi) is 5.00. The van der Waals surface area contributed by atoms with E-state index in [9.17, 15) is 4.79 Å². The van der Waals surface area contributed by atoms with E-state index in [-0.39, 0.29) is 12.5 Å². The molecule has 0 aliphatic rings. The zero-order valence-electron chi connectivity index (χ0n) is 11.8. The number of amides is 1. The van der Waals surface area contributed by atoms with Crippen LogP contribution in [0.2, 0.25) is 5.02 Å². The average molecular weight is 306 g/mol. The highest BCUT2D eigenvalue weighted by atomic mass is 35.5. The number of carbonyl (C=O) groups excluding carboxylic acids is 1. The van der Waals surface area contributed by atoms with Crippen molar-refractivity contribution >= 4 is 23.7 Å². The third-order valence-electron chi connectivity index (χ3n) is 2.79. The van der Waals surface area contributed by atoms with Crippen LogP contribution >= 0.6 is 11.6 Å². The van der Waals surface area contributed by atoms with Gasteiger partial charge in [-0.15, -0.1) is 0 Å². The van der Waals surface area contributed by atoms with Gasteiger partial charge < -0.3 is 9.72 Å². The molecule has 1 amide bonds. The molecule has 6 heteroatoms. The molecule has 0 aliphatic carbocycles. The smallest absolute Gasteiger partial charge is 0.277 e. The minimum Gasteiger partial charge on any atom is -0.484 e. The molecule has 0 atom stereocenters. The molecule has 0 saturated carbocycles. The molecule has 1 aromatic heterocycles. The van der Waals surface area contributed by atoms with Crippen molar-refractivity contribution in [2.45, 2.75) is 13.8 Å². The summed E-state index contributed by atoms with van der Waals surface area (Å²) in [5.74, 6) is 0.279. The van der Waals surface area contributed by atoms with Crippen molar-refractivity contribution < 1.29 is 9.53 Å². The van der Waals surface area contributed by atoms with Crippen molar-refractivity contribution in [2.24, 2.45) is 5.10 Å². The predicted octanol–water partition coefficient (Wildman–Crippen LogP) is 2.81. The van der Waals surface area contributed by atoms with Gasteiger partial charge in [-0.3, -0.25) is 4.79 Å². The Bertz CT molecular complexity index is 628. The number of carbonyl (C=O) groups is 1. The van der Waals surface area contributed by atoms with Crippen molar-refractivity contribution in [3.63, 3.8) is 0 Å². The number of rotatable bonds is 5. The standard InChI is InChI=1S/C15H16ClN3O2/c1-10-6-13(7-11(2)15(10)16)21-9-14(20)19-18-8-12-4-3-5-17-12/h3-8,17H,9H2,1-2H3,(H,19,20)/b18-8+. The largest absolute Gasteiger partial charge is 0.484 e. The zero-order chi connectivity index (χ0) is 15.2. The van der Waals surface area contributed by atoms with Crippen LogP contribution in [0, 0.1) is 13.8 Å². The summed E-state index contributed by atoms with van der Waals surface area (Å²) in [6, 6.07) is 7.28. The second-order valence-corrected chi connectivity index (χ2v) is 4.96. The third kappa shape index (κ3) is 4.36. The van der Waals surface area contributed by atoms with Crippen molar-refractivity contribution in [1.82, 2.24) is 10.4 Å². The Labute approximate surface area is 128 Å². The Balaban J connectivity index is 1.84. The van der Waals surface area contributed by atoms with E-state index in [2.05, 4.69) is 15.5 Å². The molecule has 1 aromatic carbocycles. The van der Waals surface area contributed by atoms with Crippen LogP contribution in [0.15, 0.2) is 35.6 Å². The number of H-pyrrole nitrogens is 1. The fourth-order valence-corrected chi connectivity index (χ4v) is 1.88. The topological polar surface area (TPSA) is 66.5 Å². The quantitative estimate of drug-likeness (QED) is 0.659. The fraction of sp³-hybridized carbons (Fsp3) is 0.200. The van der Waals surface area contributed by atoms with E-state index in [0.717, 1.165) is 16.8 Å². The van der Waals surface area contributed by atoms with Gasteiger partial charge in [-0.1, -0.05) is 11.6 Å². The van der Waals surface area contributed by atoms with Gasteiger partial charge in [0.25, 0.3) is 5.91 Å². The van der Waals surface area contributed by atoms with Gasteiger partial charge in [0.2, 0.25) is 0 Å². The molecule has 1 heterocycles. The minimum atomic E-state index is -0.330. The van der Waals surface area contributed by atoms with Crippen LogP contribution < -0.4 is 10.2 Å². The molecule has 5 nitrogen and oxygen atoms in total. The number of aromatic nitrogens is 1. The van der Waals surface area contributed by atoms with Crippen LogP contribution in [0.3, 0.4) is 0 Å². The molecule has 0 radical (unpaired) electrons. The number of aromatic amines is 1. The first-order valence-corrected chi connectivity index (χ1v) is 6.79. The van der Waals surface area contributed by atoms with E-state index in [1.54, 1.807) is 18.3 Å². The summed E-state index contributed by atoms with van der Waals surface area (Å²) in [6.07, 6.45) is 3.30. The number of nitrogens with one attached hydrogen (secondary N) is 2. The number of hydrogen-bond acceptors (Lipinski definition) is 3. The first kappa shape index (κ1) is 15.1. The van der Waals surface area contributed by atoms with Crippen LogP contribution in [0.5, 0.6) is 5.75 Å². The zero-order valence-corrected chi connectivity index (χ0v) is 12.6. The lowest BCUT2D eigenvalue weighted by molar-refractivity contribution is -0.123. The van der Waals surface area contributed by atoms with Gasteiger partial charge in [-0.25, -0.2) is 5.43 Å². The maximum Gasteiger partial charge on any atom is 0.277 e. The fourth-order valence-electron chi connectivity index (χ4n) is 1.77. The van der Waals surface area contributed by atoms with E-state index < -0.39 is 0 Å². The van der Waals surface area contributed by atoms with Gasteiger partial charge in [0.05, 0.1) is 11.9 Å². The molecule has 0 spiro atoms. The highest BCUT2D eigenvalue weighted by Gasteiger charge is 2.06. The third-order valence-corrected chi connectivity index (χ3v) is 3.39. The number of aryl methyl sites for hydroxylation is 2. The summed E-state index contributed by atoms with van der Waals surface area (Å²) in [4.78, 5) is 14.5. The molecular weight excluding hydrogens is 290 g/mol. The number of benzene rings is 1. The van der Waals surface area contributed by atoms with Crippen molar-refractivity contribution in [2.75, 3.05) is 6.61 Å². The van der Waals surface area contributed by atoms with Crippen LogP contribution in [0.1, 0.15) is 16.8 Å². The molecule has 0 bridgehead atoms. The van der Waals surface area contributed by atoms with Gasteiger partial charge in [0.1, 0.15) is 5.75 Å². The molecule has 2 aromatic rings. The van der Waals surface area contributed by atoms with Crippen LogP contribution in [0.4, 0.5) is 0 Å². The number of ether oxygens (including phenoxy) is 1. The number of halogens is 1. The van der Waals surface area contributed by atoms with E-state index in [1.807, 2.05) is 26.0 Å². The van der Waals surface area contributed by atoms with E-state index in [1.165, 1.54) is 6.21 Å². The maximum absolute atomic E-state index is 11.6. The molecule has 110 valence electrons. The maximum atomic E-state index is 11.6. The number of hydrogen-bond donors (Lipinski definition) is 2. The van der Waals surface area contributed by atoms with Crippen molar-refractivity contribution in [3.8, 4) is 5.75 Å². The lowest BCUT2D eigenvalue weighted by Gasteiger charge is -2.09. The monoisotopic (exact) mass is 305 g/mol. The van der Waals surface area contributed by atoms with Crippen molar-refractivity contribution in [1.29, 1.82) is 0 Å².